The standard InChI is InChI=1S/C10H14N4O/c1-10(2,3)7-6-8(12)14(13-7)9(15)4-5-11/h6H,4,12H2,1-3H3. The average molecular weight is 206 g/mol. The van der Waals surface area contributed by atoms with Crippen LogP contribution in [0.5, 0.6) is 0 Å². The van der Waals surface area contributed by atoms with Crippen LogP contribution < -0.4 is 5.73 Å². The first-order chi connectivity index (χ1) is 6.86. The Balaban J connectivity index is 3.08. The fourth-order valence-corrected chi connectivity index (χ4v) is 1.10. The summed E-state index contributed by atoms with van der Waals surface area (Å²) >= 11 is 0. The quantitative estimate of drug-likeness (QED) is 0.750. The molecule has 0 spiro atoms. The van der Waals surface area contributed by atoms with Crippen LogP contribution in [0.3, 0.4) is 0 Å². The van der Waals surface area contributed by atoms with Crippen LogP contribution in [0.1, 0.15) is 37.7 Å². The number of nitrogens with zero attached hydrogens (tertiary/aromatic N) is 3. The van der Waals surface area contributed by atoms with Crippen molar-refractivity contribution in [1.29, 1.82) is 5.26 Å². The summed E-state index contributed by atoms with van der Waals surface area (Å²) in [6, 6.07) is 3.44. The summed E-state index contributed by atoms with van der Waals surface area (Å²) in [6.07, 6.45) is -0.213. The van der Waals surface area contributed by atoms with Gasteiger partial charge in [-0.05, 0) is 0 Å². The van der Waals surface area contributed by atoms with Crippen LogP contribution in [0.4, 0.5) is 5.82 Å². The lowest BCUT2D eigenvalue weighted by molar-refractivity contribution is 0.0906. The minimum atomic E-state index is -0.398. The number of rotatable bonds is 1. The summed E-state index contributed by atoms with van der Waals surface area (Å²) in [5, 5.41) is 12.5. The molecule has 1 aromatic heterocycles. The number of nitrogens with two attached hydrogens (primary N) is 1. The third-order valence-corrected chi connectivity index (χ3v) is 1.97. The minimum Gasteiger partial charge on any atom is -0.383 e. The lowest BCUT2D eigenvalue weighted by Gasteiger charge is -2.13. The second kappa shape index (κ2) is 3.73. The van der Waals surface area contributed by atoms with Crippen molar-refractivity contribution >= 4 is 11.7 Å². The van der Waals surface area contributed by atoms with Gasteiger partial charge in [0.15, 0.2) is 0 Å². The second-order valence-electron chi connectivity index (χ2n) is 4.34. The molecule has 5 heteroatoms. The molecule has 0 unspecified atom stereocenters. The van der Waals surface area contributed by atoms with Crippen molar-refractivity contribution in [2.24, 2.45) is 0 Å². The fraction of sp³-hybridized carbons (Fsp3) is 0.500. The van der Waals surface area contributed by atoms with Crippen LogP contribution in [-0.2, 0) is 5.41 Å². The summed E-state index contributed by atoms with van der Waals surface area (Å²) in [5.74, 6) is -0.120. The SMILES string of the molecule is CC(C)(C)c1cc(N)n(C(=O)CC#N)n1. The van der Waals surface area contributed by atoms with Gasteiger partial charge in [-0.1, -0.05) is 20.8 Å². The van der Waals surface area contributed by atoms with Gasteiger partial charge in [0.25, 0.3) is 5.91 Å². The largest absolute Gasteiger partial charge is 0.383 e. The van der Waals surface area contributed by atoms with Crippen molar-refractivity contribution in [3.05, 3.63) is 11.8 Å². The number of carbonyl (C=O) groups is 1. The molecule has 15 heavy (non-hydrogen) atoms. The van der Waals surface area contributed by atoms with Gasteiger partial charge in [-0.15, -0.1) is 0 Å². The topological polar surface area (TPSA) is 84.7 Å². The lowest BCUT2D eigenvalue weighted by atomic mass is 9.92. The molecule has 5 nitrogen and oxygen atoms in total. The summed E-state index contributed by atoms with van der Waals surface area (Å²) in [4.78, 5) is 11.4. The number of nitriles is 1. The van der Waals surface area contributed by atoms with Crippen LogP contribution in [0.2, 0.25) is 0 Å². The molecule has 0 fully saturated rings. The number of hydrogen-bond donors (Lipinski definition) is 1. The number of hydrogen-bond acceptors (Lipinski definition) is 4. The third-order valence-electron chi connectivity index (χ3n) is 1.97. The molecule has 1 heterocycles. The Bertz CT molecular complexity index is 420. The number of carbonyl (C=O) groups excluding carboxylic acids is 1. The maximum Gasteiger partial charge on any atom is 0.262 e. The van der Waals surface area contributed by atoms with Crippen LogP contribution in [0.25, 0.3) is 0 Å². The van der Waals surface area contributed by atoms with Gasteiger partial charge < -0.3 is 5.73 Å². The van der Waals surface area contributed by atoms with E-state index >= 15 is 0 Å². The molecule has 0 aliphatic rings. The van der Waals surface area contributed by atoms with E-state index in [1.54, 1.807) is 12.1 Å². The molecule has 80 valence electrons. The molecular formula is C10H14N4O. The van der Waals surface area contributed by atoms with Crippen LogP contribution in [-0.4, -0.2) is 15.7 Å². The maximum atomic E-state index is 11.4. The van der Waals surface area contributed by atoms with E-state index in [1.165, 1.54) is 0 Å². The Morgan fingerprint density at radius 1 is 1.67 bits per heavy atom. The predicted molar refractivity (Wildman–Crippen MR) is 56.2 cm³/mol. The Hall–Kier alpha value is -1.83. The molecule has 0 bridgehead atoms. The Morgan fingerprint density at radius 3 is 2.67 bits per heavy atom. The summed E-state index contributed by atoms with van der Waals surface area (Å²) in [5.41, 5.74) is 6.22. The average Bonchev–Trinajstić information content (AvgIpc) is 2.47. The van der Waals surface area contributed by atoms with Gasteiger partial charge in [0.05, 0.1) is 11.8 Å². The first-order valence-electron chi connectivity index (χ1n) is 4.62. The van der Waals surface area contributed by atoms with Gasteiger partial charge in [0.2, 0.25) is 0 Å². The smallest absolute Gasteiger partial charge is 0.262 e. The molecule has 0 saturated heterocycles. The second-order valence-corrected chi connectivity index (χ2v) is 4.34. The first-order valence-corrected chi connectivity index (χ1v) is 4.62. The van der Waals surface area contributed by atoms with Crippen molar-refractivity contribution in [2.75, 3.05) is 5.73 Å². The molecule has 0 aromatic carbocycles. The van der Waals surface area contributed by atoms with Gasteiger partial charge >= 0.3 is 0 Å². The zero-order valence-corrected chi connectivity index (χ0v) is 9.11. The van der Waals surface area contributed by atoms with Crippen LogP contribution in [0, 0.1) is 11.3 Å². The lowest BCUT2D eigenvalue weighted by Crippen LogP contribution is -2.17. The molecule has 0 aliphatic heterocycles. The molecule has 0 aliphatic carbocycles. The highest BCUT2D eigenvalue weighted by Crippen LogP contribution is 2.22. The minimum absolute atomic E-state index is 0.160. The van der Waals surface area contributed by atoms with Crippen LogP contribution in [0.15, 0.2) is 6.07 Å². The normalized spacial score (nSPS) is 11.1. The Labute approximate surface area is 88.5 Å². The molecule has 1 rings (SSSR count). The van der Waals surface area contributed by atoms with Crippen molar-refractivity contribution in [2.45, 2.75) is 32.6 Å². The van der Waals surface area contributed by atoms with Gasteiger partial charge in [0.1, 0.15) is 12.2 Å². The summed E-state index contributed by atoms with van der Waals surface area (Å²) in [7, 11) is 0. The van der Waals surface area contributed by atoms with Gasteiger partial charge in [0, 0.05) is 11.5 Å². The van der Waals surface area contributed by atoms with Crippen molar-refractivity contribution < 1.29 is 4.79 Å². The third kappa shape index (κ3) is 2.34. The van der Waals surface area contributed by atoms with E-state index in [4.69, 9.17) is 11.0 Å². The highest BCUT2D eigenvalue weighted by molar-refractivity contribution is 5.82. The molecule has 2 N–H and O–H groups in total. The van der Waals surface area contributed by atoms with Crippen molar-refractivity contribution in [3.8, 4) is 6.07 Å². The summed E-state index contributed by atoms with van der Waals surface area (Å²) < 4.78 is 1.09. The van der Waals surface area contributed by atoms with E-state index in [0.717, 1.165) is 10.4 Å². The molecule has 0 saturated carbocycles. The highest BCUT2D eigenvalue weighted by Gasteiger charge is 2.20. The zero-order chi connectivity index (χ0) is 11.6. The molecule has 0 amide bonds. The van der Waals surface area contributed by atoms with E-state index in [1.807, 2.05) is 20.8 Å². The first kappa shape index (κ1) is 11.2. The van der Waals surface area contributed by atoms with Crippen molar-refractivity contribution in [1.82, 2.24) is 9.78 Å². The van der Waals surface area contributed by atoms with Crippen molar-refractivity contribution in [3.63, 3.8) is 0 Å². The number of anilines is 1. The molecular weight excluding hydrogens is 192 g/mol. The van der Waals surface area contributed by atoms with Gasteiger partial charge in [-0.2, -0.15) is 15.0 Å². The number of nitrogen functional groups attached to an aromatic ring is 1. The predicted octanol–water partition coefficient (Wildman–Crippen LogP) is 1.32. The molecule has 0 atom stereocenters. The zero-order valence-electron chi connectivity index (χ0n) is 9.11. The van der Waals surface area contributed by atoms with Gasteiger partial charge in [-0.25, -0.2) is 0 Å². The molecule has 1 aromatic rings. The molecule has 0 radical (unpaired) electrons. The summed E-state index contributed by atoms with van der Waals surface area (Å²) in [6.45, 7) is 5.94. The fourth-order valence-electron chi connectivity index (χ4n) is 1.10. The van der Waals surface area contributed by atoms with Gasteiger partial charge in [-0.3, -0.25) is 4.79 Å². The Kier molecular flexibility index (Phi) is 2.80. The van der Waals surface area contributed by atoms with E-state index in [2.05, 4.69) is 5.10 Å². The highest BCUT2D eigenvalue weighted by atomic mass is 16.2. The monoisotopic (exact) mass is 206 g/mol. The van der Waals surface area contributed by atoms with Crippen LogP contribution >= 0.6 is 0 Å². The van der Waals surface area contributed by atoms with E-state index in [9.17, 15) is 4.79 Å². The van der Waals surface area contributed by atoms with E-state index in [0.29, 0.717) is 0 Å². The number of aromatic nitrogens is 2. The Morgan fingerprint density at radius 2 is 2.27 bits per heavy atom. The van der Waals surface area contributed by atoms with E-state index in [-0.39, 0.29) is 17.7 Å². The van der Waals surface area contributed by atoms with E-state index < -0.39 is 5.91 Å². The maximum absolute atomic E-state index is 11.4.